The molecule has 40 heavy (non-hydrogen) atoms. The van der Waals surface area contributed by atoms with Gasteiger partial charge in [0.15, 0.2) is 43.1 Å². The van der Waals surface area contributed by atoms with Crippen LogP contribution in [0.15, 0.2) is 0 Å². The van der Waals surface area contributed by atoms with E-state index in [2.05, 4.69) is 0 Å². The number of aliphatic hydroxyl groups is 1. The smallest absolute Gasteiger partial charge is 0.303 e. The molecule has 0 aliphatic carbocycles. The molecule has 226 valence electrons. The highest BCUT2D eigenvalue weighted by molar-refractivity contribution is 5.69. The summed E-state index contributed by atoms with van der Waals surface area (Å²) in [6.45, 7) is 7.34. The lowest BCUT2D eigenvalue weighted by atomic mass is 9.96. The van der Waals surface area contributed by atoms with Crippen molar-refractivity contribution < 1.29 is 76.5 Å². The Labute approximate surface area is 229 Å². The summed E-state index contributed by atoms with van der Waals surface area (Å²) in [5.41, 5.74) is 0. The largest absolute Gasteiger partial charge is 0.463 e. The standard InChI is InChI=1S/C24H34O16/c1-9-17(34-11(3)26)19(21(23(31)33-9)37-14(6)29)40-24-22(38-15(7)30)20(36-13(5)28)18(35-12(4)27)16(39-24)8-32-10(2)25/h9,16-24,31H,8H2,1-7H3/t9-,16+,17+,18-,19+,20-,21-,22+,23+,24-/m0/s1. The predicted molar refractivity (Wildman–Crippen MR) is 124 cm³/mol. The summed E-state index contributed by atoms with van der Waals surface area (Å²) in [4.78, 5) is 71.3. The van der Waals surface area contributed by atoms with E-state index in [0.29, 0.717) is 0 Å². The van der Waals surface area contributed by atoms with Crippen molar-refractivity contribution in [3.05, 3.63) is 0 Å². The summed E-state index contributed by atoms with van der Waals surface area (Å²) < 4.78 is 48.9. The number of aliphatic hydroxyl groups excluding tert-OH is 1. The van der Waals surface area contributed by atoms with Gasteiger partial charge in [-0.3, -0.25) is 28.8 Å². The van der Waals surface area contributed by atoms with E-state index in [1.807, 2.05) is 0 Å². The molecule has 0 amide bonds. The molecule has 0 aromatic rings. The molecular formula is C24H34O16. The van der Waals surface area contributed by atoms with Gasteiger partial charge in [0.25, 0.3) is 0 Å². The highest BCUT2D eigenvalue weighted by Crippen LogP contribution is 2.34. The van der Waals surface area contributed by atoms with E-state index in [-0.39, 0.29) is 0 Å². The summed E-state index contributed by atoms with van der Waals surface area (Å²) >= 11 is 0. The Bertz CT molecular complexity index is 937. The van der Waals surface area contributed by atoms with Crippen LogP contribution in [0.5, 0.6) is 0 Å². The van der Waals surface area contributed by atoms with Crippen LogP contribution in [0.4, 0.5) is 0 Å². The summed E-state index contributed by atoms with van der Waals surface area (Å²) in [5, 5.41) is 10.5. The number of carbonyl (C=O) groups excluding carboxylic acids is 6. The van der Waals surface area contributed by atoms with Gasteiger partial charge in [0.05, 0.1) is 6.10 Å². The third kappa shape index (κ3) is 9.11. The van der Waals surface area contributed by atoms with Crippen LogP contribution in [0.2, 0.25) is 0 Å². The molecule has 2 aliphatic rings. The summed E-state index contributed by atoms with van der Waals surface area (Å²) in [5.74, 6) is -4.91. The molecule has 2 saturated heterocycles. The van der Waals surface area contributed by atoms with Gasteiger partial charge in [-0.1, -0.05) is 0 Å². The van der Waals surface area contributed by atoms with E-state index in [1.54, 1.807) is 0 Å². The number of hydrogen-bond donors (Lipinski definition) is 1. The first-order valence-electron chi connectivity index (χ1n) is 12.2. The summed E-state index contributed by atoms with van der Waals surface area (Å²) in [6, 6.07) is 0. The lowest BCUT2D eigenvalue weighted by Gasteiger charge is -2.48. The number of carbonyl (C=O) groups is 6. The molecule has 0 saturated carbocycles. The van der Waals surface area contributed by atoms with E-state index in [4.69, 9.17) is 42.6 Å². The molecule has 0 spiro atoms. The lowest BCUT2D eigenvalue weighted by molar-refractivity contribution is -0.355. The SMILES string of the molecule is CC(=O)OC[C@H]1O[C@@H](O[C@@H]2[C@H](OC(C)=O)[C@H](C)O[C@@H](O)[C@H]2OC(C)=O)[C@H](OC(C)=O)[C@@H](OC(C)=O)[C@H]1OC(C)=O. The van der Waals surface area contributed by atoms with Crippen LogP contribution in [-0.4, -0.2) is 109 Å². The molecule has 2 heterocycles. The molecule has 2 rings (SSSR count). The first kappa shape index (κ1) is 32.9. The van der Waals surface area contributed by atoms with Gasteiger partial charge in [0.1, 0.15) is 18.8 Å². The summed E-state index contributed by atoms with van der Waals surface area (Å²) in [6.07, 6.45) is -14.8. The first-order valence-corrected chi connectivity index (χ1v) is 12.2. The van der Waals surface area contributed by atoms with Crippen LogP contribution in [-0.2, 0) is 71.4 Å². The average molecular weight is 579 g/mol. The van der Waals surface area contributed by atoms with Crippen LogP contribution in [0.3, 0.4) is 0 Å². The normalized spacial score (nSPS) is 33.6. The Kier molecular flexibility index (Phi) is 11.8. The van der Waals surface area contributed by atoms with Gasteiger partial charge in [-0.2, -0.15) is 0 Å². The van der Waals surface area contributed by atoms with Gasteiger partial charge in [-0.25, -0.2) is 0 Å². The molecule has 2 aliphatic heterocycles. The maximum atomic E-state index is 12.1. The van der Waals surface area contributed by atoms with Gasteiger partial charge in [-0.05, 0) is 6.92 Å². The van der Waals surface area contributed by atoms with Crippen LogP contribution in [0.25, 0.3) is 0 Å². The molecule has 0 aromatic carbocycles. The highest BCUT2D eigenvalue weighted by Gasteiger charge is 2.56. The van der Waals surface area contributed by atoms with Crippen molar-refractivity contribution in [2.24, 2.45) is 0 Å². The van der Waals surface area contributed by atoms with Crippen molar-refractivity contribution in [3.8, 4) is 0 Å². The van der Waals surface area contributed by atoms with Gasteiger partial charge >= 0.3 is 35.8 Å². The monoisotopic (exact) mass is 578 g/mol. The first-order chi connectivity index (χ1) is 18.6. The molecule has 16 nitrogen and oxygen atoms in total. The highest BCUT2D eigenvalue weighted by atomic mass is 16.8. The second kappa shape index (κ2) is 14.3. The van der Waals surface area contributed by atoms with Crippen molar-refractivity contribution in [1.82, 2.24) is 0 Å². The summed E-state index contributed by atoms with van der Waals surface area (Å²) in [7, 11) is 0. The van der Waals surface area contributed by atoms with E-state index in [0.717, 1.165) is 41.5 Å². The molecule has 2 fully saturated rings. The Morgan fingerprint density at radius 1 is 0.575 bits per heavy atom. The predicted octanol–water partition coefficient (Wildman–Crippen LogP) is -0.945. The lowest BCUT2D eigenvalue weighted by Crippen LogP contribution is -2.66. The van der Waals surface area contributed by atoms with Crippen LogP contribution < -0.4 is 0 Å². The molecule has 0 radical (unpaired) electrons. The van der Waals surface area contributed by atoms with E-state index in [1.165, 1.54) is 6.92 Å². The molecular weight excluding hydrogens is 544 g/mol. The second-order valence-corrected chi connectivity index (χ2v) is 9.05. The maximum Gasteiger partial charge on any atom is 0.303 e. The van der Waals surface area contributed by atoms with Crippen LogP contribution in [0.1, 0.15) is 48.5 Å². The van der Waals surface area contributed by atoms with E-state index in [9.17, 15) is 33.9 Å². The van der Waals surface area contributed by atoms with Crippen molar-refractivity contribution in [1.29, 1.82) is 0 Å². The molecule has 0 aromatic heterocycles. The van der Waals surface area contributed by atoms with Gasteiger partial charge in [-0.15, -0.1) is 0 Å². The van der Waals surface area contributed by atoms with Crippen molar-refractivity contribution in [3.63, 3.8) is 0 Å². The van der Waals surface area contributed by atoms with Gasteiger partial charge in [0.2, 0.25) is 0 Å². The van der Waals surface area contributed by atoms with Gasteiger partial charge in [0, 0.05) is 41.5 Å². The van der Waals surface area contributed by atoms with Crippen LogP contribution in [0, 0.1) is 0 Å². The van der Waals surface area contributed by atoms with Crippen LogP contribution >= 0.6 is 0 Å². The Hall–Kier alpha value is -3.34. The Morgan fingerprint density at radius 2 is 1.02 bits per heavy atom. The molecule has 0 unspecified atom stereocenters. The minimum absolute atomic E-state index is 0.523. The zero-order valence-corrected chi connectivity index (χ0v) is 23.1. The zero-order chi connectivity index (χ0) is 30.3. The fraction of sp³-hybridized carbons (Fsp3) is 0.750. The zero-order valence-electron chi connectivity index (χ0n) is 23.1. The molecule has 1 N–H and O–H groups in total. The number of esters is 6. The van der Waals surface area contributed by atoms with Gasteiger partial charge < -0.3 is 47.7 Å². The molecule has 10 atom stereocenters. The third-order valence-electron chi connectivity index (χ3n) is 5.59. The van der Waals surface area contributed by atoms with Crippen molar-refractivity contribution >= 4 is 35.8 Å². The Balaban J connectivity index is 2.60. The minimum Gasteiger partial charge on any atom is -0.463 e. The number of ether oxygens (including phenoxy) is 9. The minimum atomic E-state index is -1.75. The average Bonchev–Trinajstić information content (AvgIpc) is 2.80. The molecule has 16 heteroatoms. The van der Waals surface area contributed by atoms with E-state index >= 15 is 0 Å². The number of rotatable bonds is 9. The second-order valence-electron chi connectivity index (χ2n) is 9.05. The molecule has 0 bridgehead atoms. The number of hydrogen-bond acceptors (Lipinski definition) is 16. The maximum absolute atomic E-state index is 12.1. The quantitative estimate of drug-likeness (QED) is 0.259. The fourth-order valence-corrected chi connectivity index (χ4v) is 4.27. The topological polar surface area (TPSA) is 206 Å². The van der Waals surface area contributed by atoms with Crippen molar-refractivity contribution in [2.45, 2.75) is 110 Å². The van der Waals surface area contributed by atoms with E-state index < -0.39 is 104 Å². The van der Waals surface area contributed by atoms with Crippen molar-refractivity contribution in [2.75, 3.05) is 6.61 Å². The Morgan fingerprint density at radius 3 is 1.52 bits per heavy atom. The third-order valence-corrected chi connectivity index (χ3v) is 5.59. The fourth-order valence-electron chi connectivity index (χ4n) is 4.27.